The molecule has 0 spiro atoms. The van der Waals surface area contributed by atoms with Crippen LogP contribution in [0.1, 0.15) is 43.2 Å². The van der Waals surface area contributed by atoms with Gasteiger partial charge in [-0.1, -0.05) is 71.2 Å². The molecule has 7 amide bonds. The number of carbonyl (C=O) groups is 8. The first-order chi connectivity index (χ1) is 56.2. The smallest absolute Gasteiger partial charge is 0.258 e. The quantitative estimate of drug-likeness (QED) is 0.0758. The van der Waals surface area contributed by atoms with E-state index in [0.717, 1.165) is 38.5 Å². The van der Waals surface area contributed by atoms with E-state index >= 15 is 0 Å². The summed E-state index contributed by atoms with van der Waals surface area (Å²) in [4.78, 5) is 91.4. The van der Waals surface area contributed by atoms with Gasteiger partial charge in [0.2, 0.25) is 11.7 Å². The second-order valence-corrected chi connectivity index (χ2v) is 32.4. The number of para-hydroxylation sites is 1. The number of fused-ring (bicyclic) bond motifs is 6. The number of hydrogen-bond donors (Lipinski definition) is 7. The van der Waals surface area contributed by atoms with Crippen molar-refractivity contribution in [1.82, 2.24) is 87.0 Å². The average Bonchev–Trinajstić information content (AvgIpc) is 1.44. The topological polar surface area (TPSA) is 501 Å². The van der Waals surface area contributed by atoms with Crippen LogP contribution >= 0.6 is 34.8 Å². The fourth-order valence-corrected chi connectivity index (χ4v) is 17.7. The lowest BCUT2D eigenvalue weighted by Crippen LogP contribution is -2.17. The summed E-state index contributed by atoms with van der Waals surface area (Å²) in [6, 6.07) is 41.6. The summed E-state index contributed by atoms with van der Waals surface area (Å²) in [7, 11) is -8.12. The lowest BCUT2D eigenvalue weighted by Gasteiger charge is -2.04. The van der Waals surface area contributed by atoms with Gasteiger partial charge in [0.1, 0.15) is 17.5 Å². The number of nitrogens with one attached hydrogen (secondary N) is 6. The van der Waals surface area contributed by atoms with Gasteiger partial charge in [0, 0.05) is 79.4 Å². The van der Waals surface area contributed by atoms with E-state index in [1.807, 2.05) is 49.4 Å². The van der Waals surface area contributed by atoms with E-state index in [4.69, 9.17) is 55.8 Å². The normalized spacial score (nSPS) is 18.2. The molecule has 0 saturated heterocycles. The van der Waals surface area contributed by atoms with Crippen LogP contribution in [0.3, 0.4) is 0 Å². The van der Waals surface area contributed by atoms with Crippen LogP contribution in [0.5, 0.6) is 5.75 Å². The van der Waals surface area contributed by atoms with Crippen molar-refractivity contribution < 1.29 is 68.3 Å². The average molecular weight is 1740 g/mol. The SMILES string of the molecule is COc1ccc2c(cnn2C2=CC(=O)NS2=O)c1.Cc1cccc2c1cnn2C1=CC(=O)NS1=O.N#Cc1ccc2c(cnn2C2=CC(=O)NS2=O)c1.N#Cc1nn(C2=CC(=O)NS2=O)c2ccc(Cl)cc12.NC(=O)c1ccc2c(cnn2C2=CC(=O)NS2=O)c1.O=C1C=C(n2nc(C(=O)c3c(Cl)cccc3Cl)c3ccccc32)S(=O)N1. The van der Waals surface area contributed by atoms with Gasteiger partial charge < -0.3 is 10.5 Å². The summed E-state index contributed by atoms with van der Waals surface area (Å²) >= 11 is 18.2. The molecule has 0 radical (unpaired) electrons. The second-order valence-electron chi connectivity index (χ2n) is 24.2. The second kappa shape index (κ2) is 33.4. The number of nitrogens with two attached hydrogens (primary N) is 1. The van der Waals surface area contributed by atoms with Gasteiger partial charge in [-0.15, -0.1) is 0 Å². The number of ketones is 1. The van der Waals surface area contributed by atoms with Gasteiger partial charge in [-0.25, -0.2) is 53.3 Å². The Hall–Kier alpha value is -13.7. The molecule has 12 heterocycles. The van der Waals surface area contributed by atoms with Crippen LogP contribution in [0.2, 0.25) is 15.1 Å². The number of ether oxygens (including phenoxy) is 1. The van der Waals surface area contributed by atoms with Gasteiger partial charge in [-0.3, -0.25) is 66.7 Å². The molecule has 6 unspecified atom stereocenters. The number of nitriles is 2. The van der Waals surface area contributed by atoms with E-state index in [2.05, 4.69) is 58.9 Å². The Morgan fingerprint density at radius 3 is 1.30 bits per heavy atom. The molecule has 45 heteroatoms. The molecule has 36 nitrogen and oxygen atoms in total. The summed E-state index contributed by atoms with van der Waals surface area (Å²) in [5.41, 5.74) is 11.6. The predicted octanol–water partition coefficient (Wildman–Crippen LogP) is 6.12. The molecule has 13 aromatic rings. The Morgan fingerprint density at radius 2 is 0.829 bits per heavy atom. The number of nitrogens with zero attached hydrogens (tertiary/aromatic N) is 14. The molecule has 19 rings (SSSR count). The van der Waals surface area contributed by atoms with Crippen molar-refractivity contribution >= 4 is 243 Å². The number of hydrogen-bond acceptors (Lipinski definition) is 23. The molecule has 0 bridgehead atoms. The zero-order valence-electron chi connectivity index (χ0n) is 59.0. The number of benzene rings is 7. The molecule has 0 aliphatic carbocycles. The molecule has 117 heavy (non-hydrogen) atoms. The third-order valence-corrected chi connectivity index (χ3v) is 24.2. The highest BCUT2D eigenvalue weighted by Crippen LogP contribution is 2.34. The van der Waals surface area contributed by atoms with E-state index in [0.29, 0.717) is 69.5 Å². The molecule has 6 aromatic heterocycles. The van der Waals surface area contributed by atoms with Gasteiger partial charge in [0.05, 0.1) is 92.2 Å². The minimum atomic E-state index is -1.75. The Bertz CT molecular complexity index is 7020. The van der Waals surface area contributed by atoms with Crippen molar-refractivity contribution in [3.05, 3.63) is 243 Å². The number of aryl methyl sites for hydroxylation is 1. The number of methoxy groups -OCH3 is 1. The number of carbonyl (C=O) groups excluding carboxylic acids is 8. The van der Waals surface area contributed by atoms with E-state index in [-0.39, 0.29) is 53.9 Å². The standard InChI is InChI=1S/C17H9Cl2N3O3S.C11H5ClN4O2S.C11H8N4O3S.C11H6N4O2S.C11H9N3O3S.C11H9N3O2S/c18-10-5-3-6-11(19)15(10)17(24)16-9-4-1-2-7-12(9)22(20-16)14-8-13(23)21-26(14)25;12-6-1-2-9-7(3-6)8(5-13)14-16(9)11-4-10(17)15-19(11)18;12-11(17)6-1-2-8-7(3-6)5-13-15(8)10-4-9(16)14-19(10)18;12-5-7-1-2-9-8(3-7)6-13-15(9)11-4-10(16)14-18(11)17;1-17-8-2-3-9-7(4-8)6-12-14(9)11-5-10(15)13-18(11)16;1-7-3-2-4-9-8(7)6-12-14(9)11-5-10(15)13-17(11)16/h1-8H,(H,21,23);1-4H,(H,15,17);1-5H,(H2,12,17)(H,14,16);1-4,6H,(H,14,16);2-6H,1H3,(H,13,15);2-6H,1H3,(H,13,15). The molecule has 0 saturated carbocycles. The summed E-state index contributed by atoms with van der Waals surface area (Å²) in [6.45, 7) is 1.98. The maximum absolute atomic E-state index is 13.1. The first-order valence-electron chi connectivity index (χ1n) is 33.0. The van der Waals surface area contributed by atoms with Gasteiger partial charge >= 0.3 is 0 Å². The first kappa shape index (κ1) is 79.9. The van der Waals surface area contributed by atoms with Crippen molar-refractivity contribution in [3.8, 4) is 17.9 Å². The number of amides is 7. The fourth-order valence-electron chi connectivity index (χ4n) is 11.8. The third kappa shape index (κ3) is 16.3. The Balaban J connectivity index is 0.000000116. The van der Waals surface area contributed by atoms with E-state index in [9.17, 15) is 63.6 Å². The highest BCUT2D eigenvalue weighted by atomic mass is 35.5. The zero-order valence-corrected chi connectivity index (χ0v) is 66.2. The maximum atomic E-state index is 13.1. The highest BCUT2D eigenvalue weighted by molar-refractivity contribution is 7.95. The van der Waals surface area contributed by atoms with Crippen LogP contribution in [-0.4, -0.2) is 138 Å². The van der Waals surface area contributed by atoms with Gasteiger partial charge in [-0.05, 0) is 110 Å². The van der Waals surface area contributed by atoms with Crippen LogP contribution in [0.25, 0.3) is 95.6 Å². The van der Waals surface area contributed by atoms with E-state index < -0.39 is 101 Å². The maximum Gasteiger partial charge on any atom is 0.258 e. The zero-order chi connectivity index (χ0) is 82.9. The van der Waals surface area contributed by atoms with Gasteiger partial charge in [0.15, 0.2) is 102 Å². The van der Waals surface area contributed by atoms with Crippen molar-refractivity contribution in [3.63, 3.8) is 0 Å². The summed E-state index contributed by atoms with van der Waals surface area (Å²) in [6.07, 6.45) is 13.9. The van der Waals surface area contributed by atoms with Crippen LogP contribution < -0.4 is 38.8 Å². The monoisotopic (exact) mass is 1740 g/mol. The number of aromatic nitrogens is 12. The number of halogens is 3. The fraction of sp³-hybridized carbons (Fsp3) is 0.0278. The first-order valence-corrected chi connectivity index (χ1v) is 41.0. The predicted molar refractivity (Wildman–Crippen MR) is 436 cm³/mol. The van der Waals surface area contributed by atoms with Crippen LogP contribution in [0.4, 0.5) is 0 Å². The van der Waals surface area contributed by atoms with Gasteiger partial charge in [0.25, 0.3) is 35.4 Å². The minimum Gasteiger partial charge on any atom is -0.497 e. The molecule has 586 valence electrons. The molecule has 6 atom stereocenters. The van der Waals surface area contributed by atoms with Crippen molar-refractivity contribution in [2.24, 2.45) is 5.73 Å². The summed E-state index contributed by atoms with van der Waals surface area (Å²) < 4.78 is 97.8. The molecular formula is C72H46Cl3N21O15S6. The molecule has 8 N–H and O–H groups in total. The molecule has 0 fully saturated rings. The Labute approximate surface area is 685 Å². The van der Waals surface area contributed by atoms with E-state index in [1.165, 1.54) is 70.7 Å². The molecule has 6 aliphatic heterocycles. The van der Waals surface area contributed by atoms with E-state index in [1.54, 1.807) is 129 Å². The summed E-state index contributed by atoms with van der Waals surface area (Å²) in [5.74, 6) is -2.77. The third-order valence-electron chi connectivity index (χ3n) is 17.0. The Kier molecular flexibility index (Phi) is 22.8. The van der Waals surface area contributed by atoms with Crippen LogP contribution in [-0.2, 0) is 94.7 Å². The number of primary amides is 1. The molecule has 7 aromatic carbocycles. The summed E-state index contributed by atoms with van der Waals surface area (Å²) in [5, 5.41) is 49.6. The van der Waals surface area contributed by atoms with Crippen molar-refractivity contribution in [1.29, 1.82) is 10.5 Å². The molecular weight excluding hydrogens is 1700 g/mol. The lowest BCUT2D eigenvalue weighted by atomic mass is 10.1. The largest absolute Gasteiger partial charge is 0.497 e. The van der Waals surface area contributed by atoms with Gasteiger partial charge in [-0.2, -0.15) is 41.1 Å². The van der Waals surface area contributed by atoms with Crippen LogP contribution in [0.15, 0.2) is 195 Å². The lowest BCUT2D eigenvalue weighted by molar-refractivity contribution is -0.115. The molecule has 6 aliphatic rings. The minimum absolute atomic E-state index is 0.104. The van der Waals surface area contributed by atoms with Crippen molar-refractivity contribution in [2.75, 3.05) is 7.11 Å². The highest BCUT2D eigenvalue weighted by Gasteiger charge is 2.32. The Morgan fingerprint density at radius 1 is 0.427 bits per heavy atom. The van der Waals surface area contributed by atoms with Crippen LogP contribution in [0, 0.1) is 29.6 Å². The number of rotatable bonds is 10. The van der Waals surface area contributed by atoms with Crippen molar-refractivity contribution in [2.45, 2.75) is 6.92 Å².